The van der Waals surface area contributed by atoms with Crippen molar-refractivity contribution in [1.82, 2.24) is 19.7 Å². The van der Waals surface area contributed by atoms with Crippen LogP contribution in [-0.2, 0) is 11.3 Å². The van der Waals surface area contributed by atoms with Crippen LogP contribution in [0.25, 0.3) is 11.3 Å². The number of amides is 1. The molecule has 1 aliphatic rings. The van der Waals surface area contributed by atoms with E-state index in [1.807, 2.05) is 30.3 Å². The predicted octanol–water partition coefficient (Wildman–Crippen LogP) is 1.65. The van der Waals surface area contributed by atoms with Gasteiger partial charge in [-0.1, -0.05) is 18.2 Å². The van der Waals surface area contributed by atoms with E-state index in [9.17, 15) is 9.59 Å². The Morgan fingerprint density at radius 1 is 0.893 bits per heavy atom. The molecule has 1 saturated heterocycles. The first-order valence-corrected chi connectivity index (χ1v) is 9.27. The zero-order valence-electron chi connectivity index (χ0n) is 15.4. The summed E-state index contributed by atoms with van der Waals surface area (Å²) in [6.45, 7) is 2.76. The highest BCUT2D eigenvalue weighted by Gasteiger charge is 2.22. The second kappa shape index (κ2) is 8.04. The van der Waals surface area contributed by atoms with E-state index in [-0.39, 0.29) is 18.0 Å². The first-order chi connectivity index (χ1) is 13.7. The van der Waals surface area contributed by atoms with Gasteiger partial charge in [-0.3, -0.25) is 14.6 Å². The number of para-hydroxylation sites is 1. The van der Waals surface area contributed by atoms with Crippen molar-refractivity contribution in [3.05, 3.63) is 77.3 Å². The fraction of sp³-hybridized carbons (Fsp3) is 0.238. The Labute approximate surface area is 162 Å². The Balaban J connectivity index is 1.42. The van der Waals surface area contributed by atoms with E-state index in [0.717, 1.165) is 24.3 Å². The molecule has 0 N–H and O–H groups in total. The number of pyridine rings is 1. The summed E-state index contributed by atoms with van der Waals surface area (Å²) in [5, 5.41) is 4.36. The lowest BCUT2D eigenvalue weighted by molar-refractivity contribution is -0.132. The molecule has 0 atom stereocenters. The van der Waals surface area contributed by atoms with Crippen molar-refractivity contribution in [1.29, 1.82) is 0 Å². The van der Waals surface area contributed by atoms with Crippen molar-refractivity contribution in [3.63, 3.8) is 0 Å². The van der Waals surface area contributed by atoms with Crippen LogP contribution in [0, 0.1) is 0 Å². The zero-order chi connectivity index (χ0) is 19.3. The summed E-state index contributed by atoms with van der Waals surface area (Å²) in [5.41, 5.74) is 2.38. The van der Waals surface area contributed by atoms with Gasteiger partial charge in [0, 0.05) is 55.9 Å². The van der Waals surface area contributed by atoms with E-state index in [4.69, 9.17) is 0 Å². The summed E-state index contributed by atoms with van der Waals surface area (Å²) in [7, 11) is 0. The number of rotatable bonds is 4. The predicted molar refractivity (Wildman–Crippen MR) is 107 cm³/mol. The Bertz CT molecular complexity index is 996. The molecule has 0 aliphatic carbocycles. The van der Waals surface area contributed by atoms with Gasteiger partial charge in [-0.2, -0.15) is 5.10 Å². The molecule has 3 heterocycles. The number of carbonyl (C=O) groups excluding carboxylic acids is 1. The lowest BCUT2D eigenvalue weighted by atomic mass is 10.2. The third-order valence-corrected chi connectivity index (χ3v) is 4.88. The van der Waals surface area contributed by atoms with Gasteiger partial charge in [0.05, 0.1) is 5.69 Å². The van der Waals surface area contributed by atoms with Crippen molar-refractivity contribution < 1.29 is 4.79 Å². The Morgan fingerprint density at radius 2 is 1.61 bits per heavy atom. The van der Waals surface area contributed by atoms with Gasteiger partial charge in [0.2, 0.25) is 5.91 Å². The van der Waals surface area contributed by atoms with Crippen LogP contribution >= 0.6 is 0 Å². The molecule has 28 heavy (non-hydrogen) atoms. The highest BCUT2D eigenvalue weighted by atomic mass is 16.2. The molecule has 0 unspecified atom stereocenters. The van der Waals surface area contributed by atoms with Gasteiger partial charge in [0.25, 0.3) is 5.56 Å². The molecule has 0 saturated carbocycles. The maximum Gasteiger partial charge on any atom is 0.267 e. The summed E-state index contributed by atoms with van der Waals surface area (Å²) in [6, 6.07) is 16.9. The number of aromatic nitrogens is 3. The van der Waals surface area contributed by atoms with E-state index in [1.165, 1.54) is 10.7 Å². The van der Waals surface area contributed by atoms with Gasteiger partial charge >= 0.3 is 0 Å². The van der Waals surface area contributed by atoms with Gasteiger partial charge in [0.1, 0.15) is 6.54 Å². The van der Waals surface area contributed by atoms with E-state index in [2.05, 4.69) is 27.1 Å². The van der Waals surface area contributed by atoms with Gasteiger partial charge in [-0.15, -0.1) is 0 Å². The first-order valence-electron chi connectivity index (χ1n) is 9.27. The van der Waals surface area contributed by atoms with E-state index < -0.39 is 0 Å². The summed E-state index contributed by atoms with van der Waals surface area (Å²) in [5.74, 6) is -0.0887. The summed E-state index contributed by atoms with van der Waals surface area (Å²) < 4.78 is 1.24. The average Bonchev–Trinajstić information content (AvgIpc) is 2.76. The zero-order valence-corrected chi connectivity index (χ0v) is 15.4. The molecule has 1 amide bonds. The standard InChI is InChI=1S/C21H21N5O2/c27-20-7-6-19(17-8-10-22-11-9-17)23-26(20)16-21(28)25-14-12-24(13-15-25)18-4-2-1-3-5-18/h1-11H,12-16H2. The van der Waals surface area contributed by atoms with Crippen LogP contribution in [0.1, 0.15) is 0 Å². The Morgan fingerprint density at radius 3 is 2.32 bits per heavy atom. The van der Waals surface area contributed by atoms with Gasteiger partial charge in [0.15, 0.2) is 0 Å². The maximum absolute atomic E-state index is 12.7. The number of nitrogens with zero attached hydrogens (tertiary/aromatic N) is 5. The van der Waals surface area contributed by atoms with Crippen LogP contribution in [0.15, 0.2) is 71.8 Å². The quantitative estimate of drug-likeness (QED) is 0.694. The van der Waals surface area contributed by atoms with Crippen molar-refractivity contribution in [3.8, 4) is 11.3 Å². The summed E-state index contributed by atoms with van der Waals surface area (Å²) >= 11 is 0. The van der Waals surface area contributed by atoms with Crippen molar-refractivity contribution in [2.45, 2.75) is 6.54 Å². The average molecular weight is 375 g/mol. The molecule has 0 bridgehead atoms. The highest BCUT2D eigenvalue weighted by Crippen LogP contribution is 2.16. The molecule has 2 aromatic heterocycles. The molecule has 7 nitrogen and oxygen atoms in total. The third-order valence-electron chi connectivity index (χ3n) is 4.88. The number of hydrogen-bond donors (Lipinski definition) is 0. The topological polar surface area (TPSA) is 71.3 Å². The van der Waals surface area contributed by atoms with E-state index in [1.54, 1.807) is 23.4 Å². The first kappa shape index (κ1) is 17.9. The minimum atomic E-state index is -0.283. The Kier molecular flexibility index (Phi) is 5.14. The van der Waals surface area contributed by atoms with Crippen LogP contribution in [0.2, 0.25) is 0 Å². The molecule has 3 aromatic rings. The number of hydrogen-bond acceptors (Lipinski definition) is 5. The lowest BCUT2D eigenvalue weighted by Crippen LogP contribution is -2.50. The largest absolute Gasteiger partial charge is 0.368 e. The van der Waals surface area contributed by atoms with Crippen molar-refractivity contribution >= 4 is 11.6 Å². The molecule has 142 valence electrons. The third kappa shape index (κ3) is 3.93. The lowest BCUT2D eigenvalue weighted by Gasteiger charge is -2.36. The van der Waals surface area contributed by atoms with Gasteiger partial charge < -0.3 is 9.80 Å². The normalized spacial score (nSPS) is 14.1. The fourth-order valence-corrected chi connectivity index (χ4v) is 3.32. The molecule has 0 spiro atoms. The van der Waals surface area contributed by atoms with E-state index in [0.29, 0.717) is 18.8 Å². The van der Waals surface area contributed by atoms with Crippen molar-refractivity contribution in [2.75, 3.05) is 31.1 Å². The molecule has 4 rings (SSSR count). The highest BCUT2D eigenvalue weighted by molar-refractivity contribution is 5.76. The van der Waals surface area contributed by atoms with Crippen LogP contribution in [0.4, 0.5) is 5.69 Å². The second-order valence-corrected chi connectivity index (χ2v) is 6.65. The molecule has 1 aliphatic heterocycles. The molecular weight excluding hydrogens is 354 g/mol. The number of anilines is 1. The second-order valence-electron chi connectivity index (χ2n) is 6.65. The van der Waals surface area contributed by atoms with Crippen LogP contribution < -0.4 is 10.5 Å². The minimum absolute atomic E-state index is 0.0525. The number of piperazine rings is 1. The minimum Gasteiger partial charge on any atom is -0.368 e. The molecule has 0 radical (unpaired) electrons. The van der Waals surface area contributed by atoms with Crippen LogP contribution in [-0.4, -0.2) is 51.8 Å². The number of benzene rings is 1. The SMILES string of the molecule is O=C(Cn1nc(-c2ccncc2)ccc1=O)N1CCN(c2ccccc2)CC1. The monoisotopic (exact) mass is 375 g/mol. The molecule has 1 aromatic carbocycles. The maximum atomic E-state index is 12.7. The van der Waals surface area contributed by atoms with Crippen molar-refractivity contribution in [2.24, 2.45) is 0 Å². The molecular formula is C21H21N5O2. The smallest absolute Gasteiger partial charge is 0.267 e. The summed E-state index contributed by atoms with van der Waals surface area (Å²) in [4.78, 5) is 32.9. The molecule has 7 heteroatoms. The summed E-state index contributed by atoms with van der Waals surface area (Å²) in [6.07, 6.45) is 3.34. The van der Waals surface area contributed by atoms with E-state index >= 15 is 0 Å². The van der Waals surface area contributed by atoms with Crippen LogP contribution in [0.3, 0.4) is 0 Å². The van der Waals surface area contributed by atoms with Crippen LogP contribution in [0.5, 0.6) is 0 Å². The Hall–Kier alpha value is -3.48. The fourth-order valence-electron chi connectivity index (χ4n) is 3.32. The van der Waals surface area contributed by atoms with Gasteiger partial charge in [-0.05, 0) is 30.3 Å². The number of carbonyl (C=O) groups is 1. The van der Waals surface area contributed by atoms with Gasteiger partial charge in [-0.25, -0.2) is 4.68 Å². The molecule has 1 fully saturated rings.